The molecular formula is C18H16N2O4S. The van der Waals surface area contributed by atoms with Crippen LogP contribution in [-0.2, 0) is 0 Å². The number of benzene rings is 2. The number of hydrogen-bond acceptors (Lipinski definition) is 6. The van der Waals surface area contributed by atoms with E-state index >= 15 is 0 Å². The molecule has 25 heavy (non-hydrogen) atoms. The summed E-state index contributed by atoms with van der Waals surface area (Å²) in [6.07, 6.45) is 1.96. The maximum atomic E-state index is 11.0. The van der Waals surface area contributed by atoms with Crippen molar-refractivity contribution in [2.45, 2.75) is 16.9 Å². The molecule has 0 aromatic heterocycles. The molecule has 0 saturated carbocycles. The van der Waals surface area contributed by atoms with Gasteiger partial charge in [-0.25, -0.2) is 0 Å². The van der Waals surface area contributed by atoms with Crippen LogP contribution in [0.3, 0.4) is 0 Å². The third-order valence-corrected chi connectivity index (χ3v) is 6.04. The molecule has 4 rings (SSSR count). The van der Waals surface area contributed by atoms with Crippen molar-refractivity contribution in [2.24, 2.45) is 0 Å². The minimum Gasteiger partial charge on any atom is -0.497 e. The van der Waals surface area contributed by atoms with Gasteiger partial charge in [-0.05, 0) is 49.0 Å². The number of non-ortho nitro benzene ring substituents is 1. The Morgan fingerprint density at radius 2 is 2.08 bits per heavy atom. The number of ether oxygens (including phenoxy) is 2. The Labute approximate surface area is 149 Å². The van der Waals surface area contributed by atoms with E-state index in [1.807, 2.05) is 38.2 Å². The first-order valence-corrected chi connectivity index (χ1v) is 8.53. The molecule has 0 bridgehead atoms. The lowest BCUT2D eigenvalue weighted by atomic mass is 10.0. The van der Waals surface area contributed by atoms with Gasteiger partial charge in [-0.3, -0.25) is 10.1 Å². The quantitative estimate of drug-likeness (QED) is 0.591. The number of thioether (sulfide) groups is 1. The highest BCUT2D eigenvalue weighted by atomic mass is 32.2. The summed E-state index contributed by atoms with van der Waals surface area (Å²) in [6.45, 7) is 1.98. The molecule has 128 valence electrons. The van der Waals surface area contributed by atoms with Gasteiger partial charge < -0.3 is 14.4 Å². The highest BCUT2D eigenvalue weighted by Crippen LogP contribution is 2.56. The molecule has 2 aliphatic heterocycles. The number of hydrogen-bond donors (Lipinski definition) is 0. The normalized spacial score (nSPS) is 20.6. The lowest BCUT2D eigenvalue weighted by molar-refractivity contribution is -0.384. The molecule has 0 amide bonds. The maximum Gasteiger partial charge on any atom is 0.270 e. The SMILES string of the molecule is COc1ccc2c(c1)SC1(Oc3ccc([N+](=O)[O-])cc3C=C1C)N2C. The van der Waals surface area contributed by atoms with Crippen LogP contribution in [0.15, 0.2) is 46.9 Å². The van der Waals surface area contributed by atoms with E-state index in [1.165, 1.54) is 6.07 Å². The van der Waals surface area contributed by atoms with E-state index in [1.54, 1.807) is 31.0 Å². The van der Waals surface area contributed by atoms with E-state index in [0.717, 1.165) is 27.5 Å². The van der Waals surface area contributed by atoms with Gasteiger partial charge in [0.2, 0.25) is 0 Å². The zero-order valence-electron chi connectivity index (χ0n) is 14.0. The number of nitrogens with zero attached hydrogens (tertiary/aromatic N) is 2. The fourth-order valence-corrected chi connectivity index (χ4v) is 4.57. The van der Waals surface area contributed by atoms with Crippen molar-refractivity contribution in [2.75, 3.05) is 19.1 Å². The standard InChI is InChI=1S/C18H16N2O4S/c1-11-8-12-9-13(20(21)22)4-7-16(12)24-18(11)19(2)15-6-5-14(23-3)10-17(15)25-18/h4-10H,1-3H3. The van der Waals surface area contributed by atoms with Crippen LogP contribution in [0.2, 0.25) is 0 Å². The average Bonchev–Trinajstić information content (AvgIpc) is 2.87. The number of rotatable bonds is 2. The third-order valence-electron chi connectivity index (χ3n) is 4.54. The van der Waals surface area contributed by atoms with Crippen LogP contribution in [0.4, 0.5) is 11.4 Å². The molecule has 2 aromatic carbocycles. The van der Waals surface area contributed by atoms with Crippen molar-refractivity contribution in [3.8, 4) is 11.5 Å². The summed E-state index contributed by atoms with van der Waals surface area (Å²) >= 11 is 1.60. The molecule has 1 spiro atoms. The van der Waals surface area contributed by atoms with E-state index in [4.69, 9.17) is 9.47 Å². The van der Waals surface area contributed by atoms with Crippen molar-refractivity contribution < 1.29 is 14.4 Å². The number of methoxy groups -OCH3 is 1. The molecule has 0 fully saturated rings. The minimum absolute atomic E-state index is 0.0582. The summed E-state index contributed by atoms with van der Waals surface area (Å²) in [5, 5.41) is 10.3. The van der Waals surface area contributed by atoms with Crippen molar-refractivity contribution in [1.29, 1.82) is 0 Å². The minimum atomic E-state index is -0.697. The number of fused-ring (bicyclic) bond motifs is 2. The van der Waals surface area contributed by atoms with Crippen LogP contribution in [0.1, 0.15) is 12.5 Å². The number of anilines is 1. The highest BCUT2D eigenvalue weighted by Gasteiger charge is 2.49. The van der Waals surface area contributed by atoms with Crippen molar-refractivity contribution in [3.05, 3.63) is 57.6 Å². The molecule has 6 nitrogen and oxygen atoms in total. The summed E-state index contributed by atoms with van der Waals surface area (Å²) in [4.78, 5) is 13.8. The number of nitro benzene ring substituents is 1. The summed E-state index contributed by atoms with van der Waals surface area (Å²) in [5.74, 6) is 1.43. The monoisotopic (exact) mass is 356 g/mol. The second-order valence-corrected chi connectivity index (χ2v) is 7.18. The number of likely N-dealkylation sites (N-methyl/N-ethyl adjacent to an activating group) is 1. The van der Waals surface area contributed by atoms with Gasteiger partial charge in [0.25, 0.3) is 10.7 Å². The van der Waals surface area contributed by atoms with Crippen LogP contribution >= 0.6 is 11.8 Å². The van der Waals surface area contributed by atoms with Crippen molar-refractivity contribution in [3.63, 3.8) is 0 Å². The van der Waals surface area contributed by atoms with E-state index < -0.39 is 9.98 Å². The topological polar surface area (TPSA) is 64.8 Å². The van der Waals surface area contributed by atoms with Crippen LogP contribution in [0.25, 0.3) is 6.08 Å². The van der Waals surface area contributed by atoms with Crippen molar-refractivity contribution >= 4 is 29.2 Å². The molecule has 1 atom stereocenters. The molecule has 2 heterocycles. The smallest absolute Gasteiger partial charge is 0.270 e. The molecule has 2 aliphatic rings. The van der Waals surface area contributed by atoms with E-state index in [2.05, 4.69) is 4.90 Å². The molecule has 0 N–H and O–H groups in total. The summed E-state index contributed by atoms with van der Waals surface area (Å²) in [5.41, 5.74) is 2.81. The van der Waals surface area contributed by atoms with E-state index in [-0.39, 0.29) is 5.69 Å². The third kappa shape index (κ3) is 2.26. The Morgan fingerprint density at radius 3 is 2.80 bits per heavy atom. The molecule has 2 aromatic rings. The van der Waals surface area contributed by atoms with Gasteiger partial charge in [-0.2, -0.15) is 0 Å². The van der Waals surface area contributed by atoms with E-state index in [0.29, 0.717) is 5.75 Å². The van der Waals surface area contributed by atoms with Crippen LogP contribution in [-0.4, -0.2) is 24.1 Å². The Hall–Kier alpha value is -2.67. The average molecular weight is 356 g/mol. The van der Waals surface area contributed by atoms with Gasteiger partial charge in [0.05, 0.1) is 17.7 Å². The maximum absolute atomic E-state index is 11.0. The van der Waals surface area contributed by atoms with Gasteiger partial charge in [0.1, 0.15) is 11.5 Å². The second kappa shape index (κ2) is 5.42. The van der Waals surface area contributed by atoms with Gasteiger partial charge in [-0.1, -0.05) is 0 Å². The Bertz CT molecular complexity index is 927. The van der Waals surface area contributed by atoms with Gasteiger partial charge in [0.15, 0.2) is 0 Å². The van der Waals surface area contributed by atoms with Crippen LogP contribution in [0, 0.1) is 10.1 Å². The molecule has 0 aliphatic carbocycles. The Balaban J connectivity index is 1.77. The fraction of sp³-hybridized carbons (Fsp3) is 0.222. The van der Waals surface area contributed by atoms with Gasteiger partial charge >= 0.3 is 0 Å². The van der Waals surface area contributed by atoms with Crippen LogP contribution < -0.4 is 14.4 Å². The van der Waals surface area contributed by atoms with E-state index in [9.17, 15) is 10.1 Å². The predicted molar refractivity (Wildman–Crippen MR) is 97.4 cm³/mol. The lowest BCUT2D eigenvalue weighted by Crippen LogP contribution is -2.48. The predicted octanol–water partition coefficient (Wildman–Crippen LogP) is 4.30. The van der Waals surface area contributed by atoms with Crippen LogP contribution in [0.5, 0.6) is 11.5 Å². The summed E-state index contributed by atoms with van der Waals surface area (Å²) in [7, 11) is 3.63. The van der Waals surface area contributed by atoms with Crippen molar-refractivity contribution in [1.82, 2.24) is 0 Å². The number of nitro groups is 1. The first kappa shape index (κ1) is 15.8. The summed E-state index contributed by atoms with van der Waals surface area (Å²) in [6, 6.07) is 10.6. The molecule has 7 heteroatoms. The first-order chi connectivity index (χ1) is 11.9. The zero-order valence-corrected chi connectivity index (χ0v) is 14.8. The van der Waals surface area contributed by atoms with Gasteiger partial charge in [-0.15, -0.1) is 0 Å². The highest BCUT2D eigenvalue weighted by molar-refractivity contribution is 8.01. The summed E-state index contributed by atoms with van der Waals surface area (Å²) < 4.78 is 11.7. The fourth-order valence-electron chi connectivity index (χ4n) is 3.20. The van der Waals surface area contributed by atoms with Gasteiger partial charge in [0, 0.05) is 35.2 Å². The Morgan fingerprint density at radius 1 is 1.28 bits per heavy atom. The largest absolute Gasteiger partial charge is 0.497 e. The molecule has 1 unspecified atom stereocenters. The molecule has 0 saturated heterocycles. The lowest BCUT2D eigenvalue weighted by Gasteiger charge is -2.40. The molecule has 0 radical (unpaired) electrons. The molecular weight excluding hydrogens is 340 g/mol. The second-order valence-electron chi connectivity index (χ2n) is 5.99. The zero-order chi connectivity index (χ0) is 17.8. The first-order valence-electron chi connectivity index (χ1n) is 7.72. The Kier molecular flexibility index (Phi) is 3.43.